The monoisotopic (exact) mass is 308 g/mol. The van der Waals surface area contributed by atoms with Gasteiger partial charge in [-0.1, -0.05) is 30.2 Å². The van der Waals surface area contributed by atoms with Gasteiger partial charge in [0.15, 0.2) is 6.23 Å². The number of benzene rings is 1. The first-order chi connectivity index (χ1) is 10.3. The van der Waals surface area contributed by atoms with Crippen molar-refractivity contribution < 1.29 is 4.74 Å². The summed E-state index contributed by atoms with van der Waals surface area (Å²) in [6, 6.07) is 6.16. The van der Waals surface area contributed by atoms with Crippen LogP contribution in [0.5, 0.6) is 5.75 Å². The van der Waals surface area contributed by atoms with Crippen molar-refractivity contribution in [2.75, 3.05) is 20.1 Å². The van der Waals surface area contributed by atoms with Crippen LogP contribution in [0.15, 0.2) is 18.2 Å². The second kappa shape index (κ2) is 6.99. The van der Waals surface area contributed by atoms with Crippen molar-refractivity contribution in [1.82, 2.24) is 10.2 Å². The molecular formula is C17H25ClN2O. The third-order valence-corrected chi connectivity index (χ3v) is 5.18. The molecule has 2 aliphatic rings. The van der Waals surface area contributed by atoms with Crippen LogP contribution in [-0.4, -0.2) is 31.3 Å². The molecule has 1 atom stereocenters. The molecule has 116 valence electrons. The lowest BCUT2D eigenvalue weighted by molar-refractivity contribution is 0.0628. The smallest absolute Gasteiger partial charge is 0.152 e. The molecule has 1 aliphatic carbocycles. The van der Waals surface area contributed by atoms with Gasteiger partial charge in [0.1, 0.15) is 5.75 Å². The Kier molecular flexibility index (Phi) is 5.04. The summed E-state index contributed by atoms with van der Waals surface area (Å²) in [4.78, 5) is 2.46. The van der Waals surface area contributed by atoms with Crippen molar-refractivity contribution in [3.8, 4) is 5.75 Å². The fourth-order valence-corrected chi connectivity index (χ4v) is 3.45. The molecule has 0 aromatic heterocycles. The maximum Gasteiger partial charge on any atom is 0.152 e. The van der Waals surface area contributed by atoms with E-state index in [1.54, 1.807) is 0 Å². The molecule has 1 aliphatic heterocycles. The quantitative estimate of drug-likeness (QED) is 0.812. The van der Waals surface area contributed by atoms with Crippen molar-refractivity contribution in [2.24, 2.45) is 5.92 Å². The minimum Gasteiger partial charge on any atom is -0.473 e. The molecule has 1 unspecified atom stereocenters. The molecule has 0 radical (unpaired) electrons. The van der Waals surface area contributed by atoms with E-state index in [9.17, 15) is 0 Å². The first-order valence-corrected chi connectivity index (χ1v) is 8.49. The van der Waals surface area contributed by atoms with Crippen LogP contribution in [-0.2, 0) is 6.54 Å². The Labute approximate surface area is 132 Å². The number of nitrogens with zero attached hydrogens (tertiary/aromatic N) is 1. The summed E-state index contributed by atoms with van der Waals surface area (Å²) in [5.41, 5.74) is 1.18. The van der Waals surface area contributed by atoms with Gasteiger partial charge in [-0.25, -0.2) is 0 Å². The Balaban J connectivity index is 1.69. The summed E-state index contributed by atoms with van der Waals surface area (Å²) in [6.07, 6.45) is 6.50. The molecule has 0 spiro atoms. The molecule has 1 aromatic carbocycles. The van der Waals surface area contributed by atoms with Gasteiger partial charge in [-0.2, -0.15) is 0 Å². The Morgan fingerprint density at radius 2 is 2.05 bits per heavy atom. The third kappa shape index (κ3) is 3.53. The SMILES string of the molecule is CNC(Oc1cccc(CN2CCCC2)c1Cl)C1CCC1. The molecule has 1 heterocycles. The van der Waals surface area contributed by atoms with E-state index in [2.05, 4.69) is 22.3 Å². The highest BCUT2D eigenvalue weighted by Gasteiger charge is 2.28. The molecule has 2 fully saturated rings. The Hall–Kier alpha value is -0.770. The van der Waals surface area contributed by atoms with Crippen LogP contribution in [0.3, 0.4) is 0 Å². The van der Waals surface area contributed by atoms with Crippen LogP contribution in [0.4, 0.5) is 0 Å². The van der Waals surface area contributed by atoms with Gasteiger partial charge in [-0.15, -0.1) is 0 Å². The van der Waals surface area contributed by atoms with E-state index >= 15 is 0 Å². The highest BCUT2D eigenvalue weighted by atomic mass is 35.5. The second-order valence-electron chi connectivity index (χ2n) is 6.23. The summed E-state index contributed by atoms with van der Waals surface area (Å²) in [7, 11) is 1.96. The number of halogens is 1. The van der Waals surface area contributed by atoms with Gasteiger partial charge in [0.05, 0.1) is 5.02 Å². The second-order valence-corrected chi connectivity index (χ2v) is 6.61. The molecule has 3 rings (SSSR count). The summed E-state index contributed by atoms with van der Waals surface area (Å²) in [6.45, 7) is 3.30. The van der Waals surface area contributed by atoms with E-state index in [-0.39, 0.29) is 6.23 Å². The maximum absolute atomic E-state index is 6.57. The minimum absolute atomic E-state index is 0.0817. The van der Waals surface area contributed by atoms with Crippen molar-refractivity contribution in [3.05, 3.63) is 28.8 Å². The molecule has 21 heavy (non-hydrogen) atoms. The maximum atomic E-state index is 6.57. The Morgan fingerprint density at radius 1 is 1.29 bits per heavy atom. The lowest BCUT2D eigenvalue weighted by atomic mass is 9.84. The number of hydrogen-bond donors (Lipinski definition) is 1. The first-order valence-electron chi connectivity index (χ1n) is 8.11. The highest BCUT2D eigenvalue weighted by molar-refractivity contribution is 6.32. The van der Waals surface area contributed by atoms with E-state index < -0.39 is 0 Å². The third-order valence-electron chi connectivity index (χ3n) is 4.75. The molecule has 1 saturated carbocycles. The van der Waals surface area contributed by atoms with Crippen molar-refractivity contribution in [2.45, 2.75) is 44.9 Å². The summed E-state index contributed by atoms with van der Waals surface area (Å²) < 4.78 is 6.14. The van der Waals surface area contributed by atoms with Crippen molar-refractivity contribution >= 4 is 11.6 Å². The summed E-state index contributed by atoms with van der Waals surface area (Å²) >= 11 is 6.57. The van der Waals surface area contributed by atoms with Crippen LogP contribution >= 0.6 is 11.6 Å². The molecular weight excluding hydrogens is 284 g/mol. The van der Waals surface area contributed by atoms with E-state index in [0.717, 1.165) is 17.3 Å². The zero-order valence-electron chi connectivity index (χ0n) is 12.8. The van der Waals surface area contributed by atoms with Crippen LogP contribution in [0.25, 0.3) is 0 Å². The lowest BCUT2D eigenvalue weighted by Crippen LogP contribution is -2.41. The summed E-state index contributed by atoms with van der Waals surface area (Å²) in [5, 5.41) is 4.06. The molecule has 1 aromatic rings. The predicted molar refractivity (Wildman–Crippen MR) is 86.8 cm³/mol. The molecule has 4 heteroatoms. The molecule has 3 nitrogen and oxygen atoms in total. The topological polar surface area (TPSA) is 24.5 Å². The van der Waals surface area contributed by atoms with E-state index in [1.807, 2.05) is 13.1 Å². The van der Waals surface area contributed by atoms with Crippen LogP contribution in [0.2, 0.25) is 5.02 Å². The van der Waals surface area contributed by atoms with Gasteiger partial charge in [-0.05, 0) is 57.5 Å². The van der Waals surface area contributed by atoms with Gasteiger partial charge in [0.2, 0.25) is 0 Å². The average Bonchev–Trinajstić information content (AvgIpc) is 2.93. The van der Waals surface area contributed by atoms with Gasteiger partial charge in [0.25, 0.3) is 0 Å². The van der Waals surface area contributed by atoms with Crippen molar-refractivity contribution in [3.63, 3.8) is 0 Å². The average molecular weight is 309 g/mol. The number of hydrogen-bond acceptors (Lipinski definition) is 3. The van der Waals surface area contributed by atoms with Crippen LogP contribution in [0.1, 0.15) is 37.7 Å². The standard InChI is InChI=1S/C17H25ClN2O/c1-19-17(13-6-4-7-13)21-15-9-5-8-14(16(15)18)12-20-10-2-3-11-20/h5,8-9,13,17,19H,2-4,6-7,10-12H2,1H3. The molecule has 1 N–H and O–H groups in total. The zero-order valence-corrected chi connectivity index (χ0v) is 13.5. The molecule has 0 bridgehead atoms. The van der Waals surface area contributed by atoms with E-state index in [4.69, 9.17) is 16.3 Å². The normalized spacial score (nSPS) is 21.2. The Morgan fingerprint density at radius 3 is 2.67 bits per heavy atom. The number of nitrogens with one attached hydrogen (secondary N) is 1. The first kappa shape index (κ1) is 15.1. The minimum atomic E-state index is 0.0817. The molecule has 1 saturated heterocycles. The Bertz CT molecular complexity index is 470. The van der Waals surface area contributed by atoms with Crippen LogP contribution in [0, 0.1) is 5.92 Å². The number of rotatable bonds is 6. The molecule has 0 amide bonds. The van der Waals surface area contributed by atoms with Gasteiger partial charge >= 0.3 is 0 Å². The highest BCUT2D eigenvalue weighted by Crippen LogP contribution is 2.34. The van der Waals surface area contributed by atoms with E-state index in [1.165, 1.54) is 50.8 Å². The van der Waals surface area contributed by atoms with Crippen molar-refractivity contribution in [1.29, 1.82) is 0 Å². The van der Waals surface area contributed by atoms with Gasteiger partial charge in [0, 0.05) is 12.5 Å². The predicted octanol–water partition coefficient (Wildman–Crippen LogP) is 3.66. The number of ether oxygens (including phenoxy) is 1. The number of likely N-dealkylation sites (tertiary alicyclic amines) is 1. The van der Waals surface area contributed by atoms with Gasteiger partial charge in [-0.3, -0.25) is 10.2 Å². The summed E-state index contributed by atoms with van der Waals surface area (Å²) in [5.74, 6) is 1.44. The lowest BCUT2D eigenvalue weighted by Gasteiger charge is -2.33. The largest absolute Gasteiger partial charge is 0.473 e. The van der Waals surface area contributed by atoms with Gasteiger partial charge < -0.3 is 4.74 Å². The van der Waals surface area contributed by atoms with E-state index in [0.29, 0.717) is 5.92 Å². The fraction of sp³-hybridized carbons (Fsp3) is 0.647. The zero-order chi connectivity index (χ0) is 14.7. The fourth-order valence-electron chi connectivity index (χ4n) is 3.22. The van der Waals surface area contributed by atoms with Crippen LogP contribution < -0.4 is 10.1 Å².